The lowest BCUT2D eigenvalue weighted by molar-refractivity contribution is 0.119. The molecule has 1 atom stereocenters. The monoisotopic (exact) mass is 188 g/mol. The van der Waals surface area contributed by atoms with Gasteiger partial charge in [-0.05, 0) is 12.2 Å². The third-order valence-corrected chi connectivity index (χ3v) is 2.24. The molecule has 0 aromatic heterocycles. The molecule has 14 heavy (non-hydrogen) atoms. The predicted octanol–water partition coefficient (Wildman–Crippen LogP) is 2.12. The molecule has 0 saturated heterocycles. The van der Waals surface area contributed by atoms with Crippen LogP contribution >= 0.6 is 0 Å². The Hall–Kier alpha value is -1.90. The third kappa shape index (κ3) is 0.988. The number of hydrogen-bond donors (Lipinski definition) is 0. The molecule has 0 aromatic rings. The zero-order valence-electron chi connectivity index (χ0n) is 7.34. The van der Waals surface area contributed by atoms with Crippen molar-refractivity contribution in [3.63, 3.8) is 0 Å². The SMILES string of the molecule is C1=COC2C(=C1)C=CC1=C2OC=CO1. The van der Waals surface area contributed by atoms with Gasteiger partial charge < -0.3 is 14.2 Å². The van der Waals surface area contributed by atoms with E-state index >= 15 is 0 Å². The van der Waals surface area contributed by atoms with Gasteiger partial charge in [-0.2, -0.15) is 0 Å². The van der Waals surface area contributed by atoms with E-state index in [0.717, 1.165) is 5.57 Å². The molecule has 2 aliphatic heterocycles. The zero-order valence-corrected chi connectivity index (χ0v) is 7.34. The van der Waals surface area contributed by atoms with Crippen LogP contribution in [0.5, 0.6) is 0 Å². The molecule has 3 aliphatic rings. The molecule has 3 rings (SSSR count). The minimum absolute atomic E-state index is 0.162. The van der Waals surface area contributed by atoms with Gasteiger partial charge in [-0.15, -0.1) is 0 Å². The van der Waals surface area contributed by atoms with E-state index in [-0.39, 0.29) is 6.10 Å². The van der Waals surface area contributed by atoms with E-state index in [1.807, 2.05) is 24.3 Å². The van der Waals surface area contributed by atoms with Crippen molar-refractivity contribution in [1.82, 2.24) is 0 Å². The molecule has 0 radical (unpaired) electrons. The van der Waals surface area contributed by atoms with Gasteiger partial charge in [0.15, 0.2) is 17.6 Å². The highest BCUT2D eigenvalue weighted by molar-refractivity contribution is 5.44. The van der Waals surface area contributed by atoms with Crippen molar-refractivity contribution in [1.29, 1.82) is 0 Å². The summed E-state index contributed by atoms with van der Waals surface area (Å²) in [5.74, 6) is 1.43. The maximum atomic E-state index is 5.45. The first-order valence-corrected chi connectivity index (χ1v) is 4.38. The Morgan fingerprint density at radius 1 is 1.00 bits per heavy atom. The fourth-order valence-corrected chi connectivity index (χ4v) is 1.60. The molecule has 0 bridgehead atoms. The number of ether oxygens (including phenoxy) is 3. The van der Waals surface area contributed by atoms with Gasteiger partial charge in [0, 0.05) is 5.57 Å². The van der Waals surface area contributed by atoms with Gasteiger partial charge in [-0.25, -0.2) is 0 Å². The summed E-state index contributed by atoms with van der Waals surface area (Å²) < 4.78 is 16.1. The first kappa shape index (κ1) is 7.50. The van der Waals surface area contributed by atoms with Gasteiger partial charge in [0.25, 0.3) is 0 Å². The summed E-state index contributed by atoms with van der Waals surface area (Å²) in [6.45, 7) is 0. The Kier molecular flexibility index (Phi) is 1.50. The summed E-state index contributed by atoms with van der Waals surface area (Å²) in [6, 6.07) is 0. The standard InChI is InChI=1S/C11H8O3/c1-2-8-3-4-9-11(10(8)13-5-1)14-7-6-12-9/h1-7,10H. The zero-order chi connectivity index (χ0) is 9.38. The minimum atomic E-state index is -0.162. The molecule has 0 amide bonds. The van der Waals surface area contributed by atoms with Crippen LogP contribution in [0.2, 0.25) is 0 Å². The smallest absolute Gasteiger partial charge is 0.191 e. The number of allylic oxidation sites excluding steroid dienone is 3. The van der Waals surface area contributed by atoms with Crippen molar-refractivity contribution >= 4 is 0 Å². The summed E-state index contributed by atoms with van der Waals surface area (Å²) in [6.07, 6.45) is 12.2. The summed E-state index contributed by atoms with van der Waals surface area (Å²) >= 11 is 0. The lowest BCUT2D eigenvalue weighted by Crippen LogP contribution is -2.23. The second-order valence-corrected chi connectivity index (χ2v) is 3.08. The van der Waals surface area contributed by atoms with Gasteiger partial charge in [-0.3, -0.25) is 0 Å². The predicted molar refractivity (Wildman–Crippen MR) is 49.6 cm³/mol. The summed E-state index contributed by atoms with van der Waals surface area (Å²) in [7, 11) is 0. The molecule has 1 aliphatic carbocycles. The number of hydrogen-bond acceptors (Lipinski definition) is 3. The van der Waals surface area contributed by atoms with E-state index < -0.39 is 0 Å². The maximum Gasteiger partial charge on any atom is 0.191 e. The highest BCUT2D eigenvalue weighted by atomic mass is 16.6. The van der Waals surface area contributed by atoms with Gasteiger partial charge in [-0.1, -0.05) is 12.2 Å². The van der Waals surface area contributed by atoms with Crippen LogP contribution in [0.4, 0.5) is 0 Å². The second-order valence-electron chi connectivity index (χ2n) is 3.08. The van der Waals surface area contributed by atoms with Crippen molar-refractivity contribution < 1.29 is 14.2 Å². The molecular formula is C11H8O3. The molecular weight excluding hydrogens is 180 g/mol. The fraction of sp³-hybridized carbons (Fsp3) is 0.0909. The Balaban J connectivity index is 2.02. The van der Waals surface area contributed by atoms with Crippen molar-refractivity contribution in [3.8, 4) is 0 Å². The topological polar surface area (TPSA) is 27.7 Å². The van der Waals surface area contributed by atoms with Crippen LogP contribution in [0.15, 0.2) is 60.2 Å². The molecule has 70 valence electrons. The van der Waals surface area contributed by atoms with Crippen LogP contribution < -0.4 is 0 Å². The quantitative estimate of drug-likeness (QED) is 0.582. The Labute approximate surface area is 81.3 Å². The molecule has 0 N–H and O–H groups in total. The molecule has 0 spiro atoms. The molecule has 3 heteroatoms. The first-order valence-electron chi connectivity index (χ1n) is 4.38. The van der Waals surface area contributed by atoms with Gasteiger partial charge in [0.1, 0.15) is 12.5 Å². The van der Waals surface area contributed by atoms with Crippen LogP contribution in [0.25, 0.3) is 0 Å². The Morgan fingerprint density at radius 3 is 2.93 bits per heavy atom. The molecule has 0 aromatic carbocycles. The summed E-state index contributed by atoms with van der Waals surface area (Å²) in [5.41, 5.74) is 1.07. The van der Waals surface area contributed by atoms with Crippen LogP contribution in [-0.4, -0.2) is 6.10 Å². The lowest BCUT2D eigenvalue weighted by Gasteiger charge is -2.27. The maximum absolute atomic E-state index is 5.45. The summed E-state index contributed by atoms with van der Waals surface area (Å²) in [4.78, 5) is 0. The van der Waals surface area contributed by atoms with Crippen LogP contribution in [0.1, 0.15) is 0 Å². The van der Waals surface area contributed by atoms with E-state index in [0.29, 0.717) is 11.5 Å². The second kappa shape index (κ2) is 2.80. The average Bonchev–Trinajstić information content (AvgIpc) is 2.29. The minimum Gasteiger partial charge on any atom is -0.485 e. The molecule has 2 heterocycles. The van der Waals surface area contributed by atoms with Gasteiger partial charge in [0.05, 0.1) is 6.26 Å². The van der Waals surface area contributed by atoms with Crippen molar-refractivity contribution in [2.75, 3.05) is 0 Å². The largest absolute Gasteiger partial charge is 0.485 e. The van der Waals surface area contributed by atoms with E-state index in [1.165, 1.54) is 12.5 Å². The van der Waals surface area contributed by atoms with Crippen molar-refractivity contribution in [2.45, 2.75) is 6.10 Å². The third-order valence-electron chi connectivity index (χ3n) is 2.24. The van der Waals surface area contributed by atoms with Gasteiger partial charge in [0.2, 0.25) is 0 Å². The Morgan fingerprint density at radius 2 is 1.93 bits per heavy atom. The van der Waals surface area contributed by atoms with Crippen LogP contribution in [0.3, 0.4) is 0 Å². The highest BCUT2D eigenvalue weighted by Gasteiger charge is 2.29. The first-order chi connectivity index (χ1) is 6.95. The highest BCUT2D eigenvalue weighted by Crippen LogP contribution is 2.31. The molecule has 3 nitrogen and oxygen atoms in total. The van der Waals surface area contributed by atoms with E-state index in [4.69, 9.17) is 14.2 Å². The van der Waals surface area contributed by atoms with E-state index in [2.05, 4.69) is 0 Å². The molecule has 0 fully saturated rings. The van der Waals surface area contributed by atoms with E-state index in [1.54, 1.807) is 6.26 Å². The Bertz CT molecular complexity index is 410. The van der Waals surface area contributed by atoms with Crippen molar-refractivity contribution in [2.24, 2.45) is 0 Å². The molecule has 0 saturated carbocycles. The number of fused-ring (bicyclic) bond motifs is 2. The average molecular weight is 188 g/mol. The lowest BCUT2D eigenvalue weighted by atomic mass is 10.00. The number of rotatable bonds is 0. The van der Waals surface area contributed by atoms with Crippen LogP contribution in [-0.2, 0) is 14.2 Å². The van der Waals surface area contributed by atoms with Crippen LogP contribution in [0, 0.1) is 0 Å². The molecule has 1 unspecified atom stereocenters. The van der Waals surface area contributed by atoms with Gasteiger partial charge >= 0.3 is 0 Å². The fourth-order valence-electron chi connectivity index (χ4n) is 1.60. The van der Waals surface area contributed by atoms with E-state index in [9.17, 15) is 0 Å². The van der Waals surface area contributed by atoms with Crippen molar-refractivity contribution in [3.05, 3.63) is 60.2 Å². The summed E-state index contributed by atoms with van der Waals surface area (Å²) in [5, 5.41) is 0. The normalized spacial score (nSPS) is 26.9.